The summed E-state index contributed by atoms with van der Waals surface area (Å²) in [5.74, 6) is 1.69. The van der Waals surface area contributed by atoms with E-state index >= 15 is 0 Å². The van der Waals surface area contributed by atoms with Gasteiger partial charge in [0.1, 0.15) is 5.82 Å². The summed E-state index contributed by atoms with van der Waals surface area (Å²) in [7, 11) is 0. The van der Waals surface area contributed by atoms with Crippen LogP contribution in [0.4, 0.5) is 11.8 Å². The Morgan fingerprint density at radius 2 is 1.78 bits per heavy atom. The minimum Gasteiger partial charge on any atom is -0.367 e. The van der Waals surface area contributed by atoms with Crippen molar-refractivity contribution in [2.45, 2.75) is 59.7 Å². The molecule has 0 saturated carbocycles. The molecule has 2 rings (SSSR count). The summed E-state index contributed by atoms with van der Waals surface area (Å²) in [6.07, 6.45) is 1.07. The van der Waals surface area contributed by atoms with Crippen molar-refractivity contribution in [3.8, 4) is 0 Å². The molecule has 0 spiro atoms. The van der Waals surface area contributed by atoms with E-state index in [0.29, 0.717) is 12.1 Å². The Morgan fingerprint density at radius 1 is 1.09 bits per heavy atom. The average molecular weight is 312 g/mol. The van der Waals surface area contributed by atoms with Gasteiger partial charge in [0.05, 0.1) is 0 Å². The molecule has 2 aromatic rings. The number of nitrogens with one attached hydrogen (secondary N) is 1. The molecule has 1 unspecified atom stereocenters. The third-order valence-electron chi connectivity index (χ3n) is 3.93. The second kappa shape index (κ2) is 7.95. The van der Waals surface area contributed by atoms with Crippen LogP contribution in [0.25, 0.3) is 0 Å². The fraction of sp³-hybridized carbons (Fsp3) is 0.474. The summed E-state index contributed by atoms with van der Waals surface area (Å²) in [5, 5.41) is 3.45. The average Bonchev–Trinajstić information content (AvgIpc) is 2.52. The van der Waals surface area contributed by atoms with Crippen molar-refractivity contribution in [3.05, 3.63) is 47.7 Å². The van der Waals surface area contributed by atoms with Gasteiger partial charge in [-0.2, -0.15) is 4.98 Å². The Balaban J connectivity index is 2.28. The summed E-state index contributed by atoms with van der Waals surface area (Å²) in [6.45, 7) is 11.5. The van der Waals surface area contributed by atoms with Crippen LogP contribution in [0, 0.1) is 6.92 Å². The fourth-order valence-electron chi connectivity index (χ4n) is 2.37. The van der Waals surface area contributed by atoms with Crippen molar-refractivity contribution in [3.63, 3.8) is 0 Å². The molecule has 0 aliphatic carbocycles. The van der Waals surface area contributed by atoms with Crippen LogP contribution >= 0.6 is 0 Å². The maximum Gasteiger partial charge on any atom is 0.228 e. The molecule has 4 nitrogen and oxygen atoms in total. The number of aromatic nitrogens is 2. The van der Waals surface area contributed by atoms with E-state index in [2.05, 4.69) is 67.2 Å². The van der Waals surface area contributed by atoms with Gasteiger partial charge in [-0.1, -0.05) is 37.3 Å². The molecule has 4 heteroatoms. The van der Waals surface area contributed by atoms with Crippen molar-refractivity contribution in [1.29, 1.82) is 0 Å². The molecule has 0 radical (unpaired) electrons. The molecule has 1 aromatic heterocycles. The zero-order valence-corrected chi connectivity index (χ0v) is 14.9. The fourth-order valence-corrected chi connectivity index (χ4v) is 2.37. The van der Waals surface area contributed by atoms with Crippen LogP contribution in [-0.2, 0) is 6.54 Å². The molecular weight excluding hydrogens is 284 g/mol. The molecule has 0 saturated heterocycles. The predicted molar refractivity (Wildman–Crippen MR) is 97.9 cm³/mol. The first-order valence-corrected chi connectivity index (χ1v) is 8.42. The Bertz CT molecular complexity index is 610. The summed E-state index contributed by atoms with van der Waals surface area (Å²) in [4.78, 5) is 11.6. The van der Waals surface area contributed by atoms with E-state index in [1.165, 1.54) is 5.56 Å². The van der Waals surface area contributed by atoms with Gasteiger partial charge < -0.3 is 10.2 Å². The van der Waals surface area contributed by atoms with Crippen molar-refractivity contribution < 1.29 is 0 Å². The Morgan fingerprint density at radius 3 is 2.39 bits per heavy atom. The summed E-state index contributed by atoms with van der Waals surface area (Å²) >= 11 is 0. The molecule has 0 amide bonds. The largest absolute Gasteiger partial charge is 0.367 e. The SMILES string of the molecule is CCC(C)Nc1cc(C)nc(N(Cc2ccccc2)C(C)C)n1. The van der Waals surface area contributed by atoms with Gasteiger partial charge in [-0.25, -0.2) is 4.98 Å². The molecular formula is C19H28N4. The van der Waals surface area contributed by atoms with Gasteiger partial charge in [-0.15, -0.1) is 0 Å². The second-order valence-electron chi connectivity index (χ2n) is 6.36. The van der Waals surface area contributed by atoms with Gasteiger partial charge in [-0.05, 0) is 39.7 Å². The molecule has 0 fully saturated rings. The van der Waals surface area contributed by atoms with Crippen molar-refractivity contribution in [1.82, 2.24) is 9.97 Å². The maximum absolute atomic E-state index is 4.74. The lowest BCUT2D eigenvalue weighted by Gasteiger charge is -2.27. The van der Waals surface area contributed by atoms with Crippen LogP contribution in [0.15, 0.2) is 36.4 Å². The topological polar surface area (TPSA) is 41.1 Å². The third-order valence-corrected chi connectivity index (χ3v) is 3.93. The number of anilines is 2. The van der Waals surface area contributed by atoms with Crippen molar-refractivity contribution >= 4 is 11.8 Å². The van der Waals surface area contributed by atoms with Crippen molar-refractivity contribution in [2.75, 3.05) is 10.2 Å². The highest BCUT2D eigenvalue weighted by atomic mass is 15.3. The predicted octanol–water partition coefficient (Wildman–Crippen LogP) is 4.41. The summed E-state index contributed by atoms with van der Waals surface area (Å²) in [6, 6.07) is 13.2. The van der Waals surface area contributed by atoms with E-state index in [9.17, 15) is 0 Å². The number of hydrogen-bond acceptors (Lipinski definition) is 4. The second-order valence-corrected chi connectivity index (χ2v) is 6.36. The number of aryl methyl sites for hydroxylation is 1. The van der Waals surface area contributed by atoms with Gasteiger partial charge in [0.15, 0.2) is 0 Å². The zero-order chi connectivity index (χ0) is 16.8. The van der Waals surface area contributed by atoms with Crippen LogP contribution in [0.3, 0.4) is 0 Å². The monoisotopic (exact) mass is 312 g/mol. The lowest BCUT2D eigenvalue weighted by atomic mass is 10.2. The molecule has 0 aliphatic rings. The normalized spacial score (nSPS) is 12.3. The Hall–Kier alpha value is -2.10. The molecule has 0 bridgehead atoms. The minimum absolute atomic E-state index is 0.327. The number of benzene rings is 1. The van der Waals surface area contributed by atoms with Gasteiger partial charge in [0.25, 0.3) is 0 Å². The van der Waals surface area contributed by atoms with Gasteiger partial charge in [-0.3, -0.25) is 0 Å². The molecule has 124 valence electrons. The highest BCUT2D eigenvalue weighted by molar-refractivity contribution is 5.45. The smallest absolute Gasteiger partial charge is 0.228 e. The first-order chi connectivity index (χ1) is 11.0. The molecule has 1 aromatic carbocycles. The van der Waals surface area contributed by atoms with E-state index in [4.69, 9.17) is 4.98 Å². The highest BCUT2D eigenvalue weighted by Crippen LogP contribution is 2.19. The van der Waals surface area contributed by atoms with Gasteiger partial charge >= 0.3 is 0 Å². The van der Waals surface area contributed by atoms with Crippen LogP contribution in [-0.4, -0.2) is 22.1 Å². The number of rotatable bonds is 7. The third kappa shape index (κ3) is 4.95. The van der Waals surface area contributed by atoms with Crippen LogP contribution in [0.1, 0.15) is 45.4 Å². The molecule has 1 heterocycles. The highest BCUT2D eigenvalue weighted by Gasteiger charge is 2.16. The van der Waals surface area contributed by atoms with Crippen LogP contribution in [0.5, 0.6) is 0 Å². The first kappa shape index (κ1) is 17.3. The lowest BCUT2D eigenvalue weighted by molar-refractivity contribution is 0.658. The first-order valence-electron chi connectivity index (χ1n) is 8.42. The number of nitrogens with zero attached hydrogens (tertiary/aromatic N) is 3. The van der Waals surface area contributed by atoms with E-state index in [0.717, 1.165) is 30.4 Å². The summed E-state index contributed by atoms with van der Waals surface area (Å²) in [5.41, 5.74) is 2.25. The minimum atomic E-state index is 0.327. The quantitative estimate of drug-likeness (QED) is 0.822. The number of hydrogen-bond donors (Lipinski definition) is 1. The zero-order valence-electron chi connectivity index (χ0n) is 14.9. The van der Waals surface area contributed by atoms with E-state index < -0.39 is 0 Å². The Labute approximate surface area is 140 Å². The van der Waals surface area contributed by atoms with Crippen LogP contribution in [0.2, 0.25) is 0 Å². The van der Waals surface area contributed by atoms with Crippen LogP contribution < -0.4 is 10.2 Å². The van der Waals surface area contributed by atoms with E-state index in [1.807, 2.05) is 19.1 Å². The molecule has 23 heavy (non-hydrogen) atoms. The van der Waals surface area contributed by atoms with Crippen molar-refractivity contribution in [2.24, 2.45) is 0 Å². The molecule has 1 atom stereocenters. The van der Waals surface area contributed by atoms with Gasteiger partial charge in [0.2, 0.25) is 5.95 Å². The maximum atomic E-state index is 4.74. The van der Waals surface area contributed by atoms with E-state index in [-0.39, 0.29) is 0 Å². The molecule has 1 N–H and O–H groups in total. The molecule has 0 aliphatic heterocycles. The van der Waals surface area contributed by atoms with E-state index in [1.54, 1.807) is 0 Å². The standard InChI is InChI=1S/C19H28N4/c1-6-15(4)20-18-12-16(5)21-19(22-18)23(14(2)3)13-17-10-8-7-9-11-17/h7-12,14-15H,6,13H2,1-5H3,(H,20,21,22). The Kier molecular flexibility index (Phi) is 5.97. The summed E-state index contributed by atoms with van der Waals surface area (Å²) < 4.78 is 0. The lowest BCUT2D eigenvalue weighted by Crippen LogP contribution is -2.32. The van der Waals surface area contributed by atoms with Gasteiger partial charge in [0, 0.05) is 30.4 Å².